The summed E-state index contributed by atoms with van der Waals surface area (Å²) in [7, 11) is 0. The van der Waals surface area contributed by atoms with Crippen LogP contribution in [0.2, 0.25) is 0 Å². The Bertz CT molecular complexity index is 472. The standard InChI is InChI=1S/C16H24N2O2/c1-11(2)9-18-16(20)10-17-15-5-3-4-12-8-13(19)6-7-14(12)15/h6-8,11,15,17,19H,3-5,9-10H2,1-2H3,(H,18,20). The van der Waals surface area contributed by atoms with Gasteiger partial charge in [-0.25, -0.2) is 0 Å². The van der Waals surface area contributed by atoms with Gasteiger partial charge in [0.1, 0.15) is 5.75 Å². The summed E-state index contributed by atoms with van der Waals surface area (Å²) in [4.78, 5) is 11.7. The second kappa shape index (κ2) is 6.75. The van der Waals surface area contributed by atoms with Gasteiger partial charge in [0.25, 0.3) is 0 Å². The summed E-state index contributed by atoms with van der Waals surface area (Å²) < 4.78 is 0. The van der Waals surface area contributed by atoms with E-state index in [1.807, 2.05) is 12.1 Å². The van der Waals surface area contributed by atoms with Gasteiger partial charge < -0.3 is 15.7 Å². The van der Waals surface area contributed by atoms with Crippen molar-refractivity contribution < 1.29 is 9.90 Å². The molecule has 1 aromatic rings. The van der Waals surface area contributed by atoms with E-state index >= 15 is 0 Å². The molecule has 0 bridgehead atoms. The molecular formula is C16H24N2O2. The number of aryl methyl sites for hydroxylation is 1. The molecule has 0 radical (unpaired) electrons. The van der Waals surface area contributed by atoms with Crippen LogP contribution in [-0.2, 0) is 11.2 Å². The van der Waals surface area contributed by atoms with Gasteiger partial charge in [-0.05, 0) is 48.4 Å². The van der Waals surface area contributed by atoms with Gasteiger partial charge in [-0.3, -0.25) is 4.79 Å². The molecule has 0 spiro atoms. The molecule has 1 aliphatic carbocycles. The zero-order chi connectivity index (χ0) is 14.5. The molecule has 0 heterocycles. The van der Waals surface area contributed by atoms with Crippen LogP contribution in [-0.4, -0.2) is 24.1 Å². The topological polar surface area (TPSA) is 61.4 Å². The molecule has 4 nitrogen and oxygen atoms in total. The first-order valence-electron chi connectivity index (χ1n) is 7.38. The predicted molar refractivity (Wildman–Crippen MR) is 79.6 cm³/mol. The third-order valence-electron chi connectivity index (χ3n) is 3.66. The van der Waals surface area contributed by atoms with Crippen LogP contribution in [0.1, 0.15) is 43.9 Å². The van der Waals surface area contributed by atoms with Gasteiger partial charge in [0, 0.05) is 12.6 Å². The van der Waals surface area contributed by atoms with E-state index in [9.17, 15) is 9.90 Å². The van der Waals surface area contributed by atoms with Crippen LogP contribution in [0.25, 0.3) is 0 Å². The monoisotopic (exact) mass is 276 g/mol. The normalized spacial score (nSPS) is 17.9. The predicted octanol–water partition coefficient (Wildman–Crippen LogP) is 2.13. The number of benzene rings is 1. The maximum absolute atomic E-state index is 11.7. The van der Waals surface area contributed by atoms with Crippen LogP contribution in [0, 0.1) is 5.92 Å². The number of hydrogen-bond donors (Lipinski definition) is 3. The van der Waals surface area contributed by atoms with E-state index in [2.05, 4.69) is 24.5 Å². The minimum Gasteiger partial charge on any atom is -0.508 e. The van der Waals surface area contributed by atoms with Crippen molar-refractivity contribution in [2.45, 2.75) is 39.2 Å². The van der Waals surface area contributed by atoms with Gasteiger partial charge in [0.15, 0.2) is 0 Å². The van der Waals surface area contributed by atoms with Crippen molar-refractivity contribution in [3.05, 3.63) is 29.3 Å². The molecule has 110 valence electrons. The number of amides is 1. The van der Waals surface area contributed by atoms with Crippen molar-refractivity contribution in [1.29, 1.82) is 0 Å². The third-order valence-corrected chi connectivity index (χ3v) is 3.66. The summed E-state index contributed by atoms with van der Waals surface area (Å²) >= 11 is 0. The highest BCUT2D eigenvalue weighted by atomic mass is 16.3. The van der Waals surface area contributed by atoms with Gasteiger partial charge in [0.2, 0.25) is 5.91 Å². The second-order valence-corrected chi connectivity index (χ2v) is 5.91. The van der Waals surface area contributed by atoms with E-state index < -0.39 is 0 Å². The Kier molecular flexibility index (Phi) is 5.01. The first-order chi connectivity index (χ1) is 9.56. The number of carbonyl (C=O) groups excluding carboxylic acids is 1. The van der Waals surface area contributed by atoms with E-state index in [-0.39, 0.29) is 11.9 Å². The Morgan fingerprint density at radius 2 is 2.25 bits per heavy atom. The van der Waals surface area contributed by atoms with Crippen molar-refractivity contribution in [2.24, 2.45) is 5.92 Å². The van der Waals surface area contributed by atoms with Crippen LogP contribution in [0.5, 0.6) is 5.75 Å². The van der Waals surface area contributed by atoms with Crippen molar-refractivity contribution in [2.75, 3.05) is 13.1 Å². The number of hydrogen-bond acceptors (Lipinski definition) is 3. The van der Waals surface area contributed by atoms with E-state index in [0.717, 1.165) is 25.8 Å². The van der Waals surface area contributed by atoms with E-state index in [1.54, 1.807) is 6.07 Å². The average molecular weight is 276 g/mol. The van der Waals surface area contributed by atoms with Crippen LogP contribution < -0.4 is 10.6 Å². The Morgan fingerprint density at radius 1 is 1.45 bits per heavy atom. The molecule has 1 aliphatic rings. The van der Waals surface area contributed by atoms with Crippen LogP contribution in [0.4, 0.5) is 0 Å². The molecule has 1 unspecified atom stereocenters. The number of aromatic hydroxyl groups is 1. The van der Waals surface area contributed by atoms with E-state index in [4.69, 9.17) is 0 Å². The lowest BCUT2D eigenvalue weighted by Gasteiger charge is -2.26. The molecular weight excluding hydrogens is 252 g/mol. The molecule has 20 heavy (non-hydrogen) atoms. The lowest BCUT2D eigenvalue weighted by molar-refractivity contribution is -0.120. The lowest BCUT2D eigenvalue weighted by atomic mass is 9.87. The molecule has 1 amide bonds. The molecule has 1 aromatic carbocycles. The fourth-order valence-corrected chi connectivity index (χ4v) is 2.61. The fraction of sp³-hybridized carbons (Fsp3) is 0.562. The Balaban J connectivity index is 1.90. The maximum atomic E-state index is 11.7. The molecule has 3 N–H and O–H groups in total. The first kappa shape index (κ1) is 14.9. The minimum atomic E-state index is 0.0459. The van der Waals surface area contributed by atoms with Gasteiger partial charge in [-0.2, -0.15) is 0 Å². The summed E-state index contributed by atoms with van der Waals surface area (Å²) in [5.41, 5.74) is 2.40. The largest absolute Gasteiger partial charge is 0.508 e. The SMILES string of the molecule is CC(C)CNC(=O)CNC1CCCc2cc(O)ccc21. The number of nitrogens with one attached hydrogen (secondary N) is 2. The second-order valence-electron chi connectivity index (χ2n) is 5.91. The molecule has 0 saturated heterocycles. The Morgan fingerprint density at radius 3 is 3.00 bits per heavy atom. The highest BCUT2D eigenvalue weighted by Gasteiger charge is 2.20. The molecule has 0 saturated carbocycles. The molecule has 0 aliphatic heterocycles. The van der Waals surface area contributed by atoms with Gasteiger partial charge in [-0.1, -0.05) is 19.9 Å². The fourth-order valence-electron chi connectivity index (χ4n) is 2.61. The molecule has 1 atom stereocenters. The Hall–Kier alpha value is -1.55. The van der Waals surface area contributed by atoms with Crippen LogP contribution >= 0.6 is 0 Å². The van der Waals surface area contributed by atoms with Gasteiger partial charge in [0.05, 0.1) is 6.54 Å². The minimum absolute atomic E-state index is 0.0459. The summed E-state index contributed by atoms with van der Waals surface area (Å²) in [5.74, 6) is 0.834. The Labute approximate surface area is 120 Å². The number of carbonyl (C=O) groups is 1. The smallest absolute Gasteiger partial charge is 0.233 e. The first-order valence-corrected chi connectivity index (χ1v) is 7.38. The zero-order valence-electron chi connectivity index (χ0n) is 12.3. The van der Waals surface area contributed by atoms with Gasteiger partial charge in [-0.15, -0.1) is 0 Å². The molecule has 0 fully saturated rings. The van der Waals surface area contributed by atoms with E-state index in [0.29, 0.717) is 18.2 Å². The summed E-state index contributed by atoms with van der Waals surface area (Å²) in [6.45, 7) is 5.22. The lowest BCUT2D eigenvalue weighted by Crippen LogP contribution is -2.38. The summed E-state index contributed by atoms with van der Waals surface area (Å²) in [5, 5.41) is 15.8. The summed E-state index contributed by atoms with van der Waals surface area (Å²) in [6.07, 6.45) is 3.12. The van der Waals surface area contributed by atoms with Crippen LogP contribution in [0.15, 0.2) is 18.2 Å². The third kappa shape index (κ3) is 3.97. The van der Waals surface area contributed by atoms with E-state index in [1.165, 1.54) is 11.1 Å². The average Bonchev–Trinajstić information content (AvgIpc) is 2.42. The van der Waals surface area contributed by atoms with Crippen molar-refractivity contribution in [1.82, 2.24) is 10.6 Å². The van der Waals surface area contributed by atoms with Gasteiger partial charge >= 0.3 is 0 Å². The van der Waals surface area contributed by atoms with Crippen molar-refractivity contribution >= 4 is 5.91 Å². The highest BCUT2D eigenvalue weighted by molar-refractivity contribution is 5.78. The molecule has 4 heteroatoms. The van der Waals surface area contributed by atoms with Crippen molar-refractivity contribution in [3.8, 4) is 5.75 Å². The maximum Gasteiger partial charge on any atom is 0.233 e. The molecule has 2 rings (SSSR count). The molecule has 0 aromatic heterocycles. The number of fused-ring (bicyclic) bond motifs is 1. The number of rotatable bonds is 5. The zero-order valence-corrected chi connectivity index (χ0v) is 12.3. The van der Waals surface area contributed by atoms with Crippen molar-refractivity contribution in [3.63, 3.8) is 0 Å². The quantitative estimate of drug-likeness (QED) is 0.772. The number of phenols is 1. The van der Waals surface area contributed by atoms with Crippen LogP contribution in [0.3, 0.4) is 0 Å². The summed E-state index contributed by atoms with van der Waals surface area (Å²) in [6, 6.07) is 5.73. The highest BCUT2D eigenvalue weighted by Crippen LogP contribution is 2.31. The number of phenolic OH excluding ortho intramolecular Hbond substituents is 1.